The van der Waals surface area contributed by atoms with Crippen LogP contribution < -0.4 is 32.7 Å². The molecular weight excluding hydrogens is 1220 g/mol. The van der Waals surface area contributed by atoms with Crippen LogP contribution in [0.4, 0.5) is 41.9 Å². The van der Waals surface area contributed by atoms with E-state index in [2.05, 4.69) is 44.9 Å². The third kappa shape index (κ3) is 16.2. The van der Waals surface area contributed by atoms with Gasteiger partial charge < -0.3 is 61.6 Å². The summed E-state index contributed by atoms with van der Waals surface area (Å²) in [4.78, 5) is 101. The highest BCUT2D eigenvalue weighted by Crippen LogP contribution is 2.41. The van der Waals surface area contributed by atoms with Gasteiger partial charge in [-0.2, -0.15) is 0 Å². The molecule has 96 heavy (non-hydrogen) atoms. The molecule has 0 saturated carbocycles. The Morgan fingerprint density at radius 3 is 1.07 bits per heavy atom. The van der Waals surface area contributed by atoms with Crippen LogP contribution >= 0.6 is 0 Å². The van der Waals surface area contributed by atoms with Crippen molar-refractivity contribution in [2.45, 2.75) is 231 Å². The average molecular weight is 1320 g/mol. The lowest BCUT2D eigenvalue weighted by atomic mass is 10.0. The molecule has 6 fully saturated rings. The van der Waals surface area contributed by atoms with E-state index >= 15 is 0 Å². The summed E-state index contributed by atoms with van der Waals surface area (Å²) >= 11 is 0. The second-order valence-corrected chi connectivity index (χ2v) is 30.3. The van der Waals surface area contributed by atoms with E-state index in [-0.39, 0.29) is 60.3 Å². The summed E-state index contributed by atoms with van der Waals surface area (Å²) < 4.78 is 40.5. The summed E-state index contributed by atoms with van der Waals surface area (Å²) in [6.07, 6.45) is 7.42. The van der Waals surface area contributed by atoms with Crippen LogP contribution in [0.3, 0.4) is 0 Å². The van der Waals surface area contributed by atoms with E-state index in [9.17, 15) is 30.2 Å². The lowest BCUT2D eigenvalue weighted by Crippen LogP contribution is -2.45. The number of benzene rings is 4. The molecular formula is C72H98N14O10. The van der Waals surface area contributed by atoms with Gasteiger partial charge in [-0.05, 0) is 231 Å². The monoisotopic (exact) mass is 1320 g/mol. The Hall–Kier alpha value is -8.64. The molecule has 0 radical (unpaired) electrons. The number of H-pyrrole nitrogens is 2. The molecule has 6 aromatic rings. The highest BCUT2D eigenvalue weighted by molar-refractivity contribution is 6.00. The summed E-state index contributed by atoms with van der Waals surface area (Å²) in [6.45, 7) is 24.2. The lowest BCUT2D eigenvalue weighted by molar-refractivity contribution is -0.121. The van der Waals surface area contributed by atoms with Crippen molar-refractivity contribution in [3.63, 3.8) is 0 Å². The van der Waals surface area contributed by atoms with Crippen LogP contribution in [0.25, 0.3) is 22.1 Å². The molecule has 12 rings (SSSR count). The van der Waals surface area contributed by atoms with Gasteiger partial charge in [0.05, 0.1) is 56.9 Å². The first kappa shape index (κ1) is 66.0. The van der Waals surface area contributed by atoms with E-state index in [1.165, 1.54) is 15.1 Å². The van der Waals surface area contributed by atoms with Crippen LogP contribution in [0.5, 0.6) is 0 Å². The van der Waals surface area contributed by atoms with E-state index in [1.807, 2.05) is 65.8 Å². The number of amides is 6. The Morgan fingerprint density at radius 1 is 0.438 bits per heavy atom. The smallest absolute Gasteiger partial charge is 0.410 e. The summed E-state index contributed by atoms with van der Waals surface area (Å²) in [6, 6.07) is 20.9. The molecule has 8 unspecified atom stereocenters. The van der Waals surface area contributed by atoms with Crippen LogP contribution in [0.15, 0.2) is 72.8 Å². The van der Waals surface area contributed by atoms with Crippen molar-refractivity contribution in [3.8, 4) is 0 Å². The second kappa shape index (κ2) is 27.5. The van der Waals surface area contributed by atoms with Gasteiger partial charge in [0.1, 0.15) is 49.0 Å². The number of ether oxygens (including phenoxy) is 4. The first-order valence-corrected chi connectivity index (χ1v) is 34.1. The molecule has 516 valence electrons. The molecule has 0 aliphatic carbocycles. The van der Waals surface area contributed by atoms with E-state index in [1.54, 1.807) is 80.9 Å². The van der Waals surface area contributed by atoms with Crippen molar-refractivity contribution in [1.29, 1.82) is 0 Å². The fourth-order valence-electron chi connectivity index (χ4n) is 13.8. The molecule has 0 spiro atoms. The van der Waals surface area contributed by atoms with Gasteiger partial charge in [-0.3, -0.25) is 29.2 Å². The maximum Gasteiger partial charge on any atom is 0.410 e. The standard InChI is InChI=1S/C36H51N7O6.C36H47N7O4/c1-35(2,3)48-33(46)42-17-7-9-29(42)31(44)40-27-13-11-21(19-23(27)37)25-15-16-26(39-25)22-12-14-28(24(38)20-22)41-32(45)30-10-8-18-43(30)34(47)49-36(4,5)6;1-35(2,3)46-33(44)42-17-7-9-29(42)31-38-25-13-11-21(19-27(25)40-31)23-15-16-24(37-23)22-12-14-26-28(20-22)41-32(39-26)30-10-8-18-43(30)34(45)47-36(4,5)6/h11-14,19-20,25-26,29-30,39H,7-10,15-18,37-38H2,1-6H3,(H,40,44)(H,41,45);11-14,19-20,23-24,29-30,37H,7-10,15-18H2,1-6H3,(H,38,40)(H,39,41)/i/hD2. The van der Waals surface area contributed by atoms with Crippen molar-refractivity contribution in [1.82, 2.24) is 50.2 Å². The number of hydrogen-bond donors (Lipinski definition) is 8. The van der Waals surface area contributed by atoms with Crippen molar-refractivity contribution in [2.24, 2.45) is 0 Å². The molecule has 8 heterocycles. The van der Waals surface area contributed by atoms with Crippen LogP contribution in [0.1, 0.15) is 230 Å². The molecule has 0 bridgehead atoms. The molecule has 6 aliphatic rings. The lowest BCUT2D eigenvalue weighted by Gasteiger charge is -2.28. The molecule has 4 aromatic carbocycles. The normalized spacial score (nSPS) is 23.8. The predicted octanol–water partition coefficient (Wildman–Crippen LogP) is 13.4. The van der Waals surface area contributed by atoms with Crippen molar-refractivity contribution in [2.75, 3.05) is 48.3 Å². The number of nitrogens with one attached hydrogen (secondary N) is 6. The van der Waals surface area contributed by atoms with Gasteiger partial charge in [0.15, 0.2) is 0 Å². The largest absolute Gasteiger partial charge is 0.444 e. The number of imidazole rings is 2. The minimum Gasteiger partial charge on any atom is -0.444 e. The Morgan fingerprint density at radius 2 is 0.740 bits per heavy atom. The number of anilines is 4. The minimum absolute atomic E-state index is 0.0650. The molecule has 6 saturated heterocycles. The zero-order chi connectivity index (χ0) is 70.5. The molecule has 2 aromatic heterocycles. The van der Waals surface area contributed by atoms with Crippen molar-refractivity contribution >= 4 is 81.0 Å². The maximum atomic E-state index is 13.2. The molecule has 8 atom stereocenters. The van der Waals surface area contributed by atoms with Crippen LogP contribution in [0.2, 0.25) is 2.82 Å². The van der Waals surface area contributed by atoms with E-state index < -0.39 is 46.7 Å². The SMILES string of the molecule is [2H]N1C(c2ccc(NC(=O)C3CCCN3C(=O)OC(C)(C)C)c(N)c2)CCC1c1ccc(NC(=O)C2CCCN2C(=O)OC(C)(C)C)c(N)c1.[2H]N1C(c2ccc3nc(C4CCCN4C(=O)OC(C)(C)C)[nH]c3c2)CCC1c1ccc2nc(C3CCCN3C(=O)OC(C)(C)C)[nH]c2c1. The number of carbonyl (C=O) groups is 6. The number of nitrogens with zero attached hydrogens (tertiary/aromatic N) is 6. The number of fused-ring (bicyclic) bond motifs is 2. The van der Waals surface area contributed by atoms with E-state index in [0.29, 0.717) is 87.5 Å². The first-order chi connectivity index (χ1) is 46.2. The molecule has 6 amide bonds. The van der Waals surface area contributed by atoms with Crippen LogP contribution in [-0.4, -0.2) is 136 Å². The summed E-state index contributed by atoms with van der Waals surface area (Å²) in [5.41, 5.74) is 19.3. The highest BCUT2D eigenvalue weighted by atomic mass is 16.6. The zero-order valence-corrected chi connectivity index (χ0v) is 57.7. The number of nitrogen functional groups attached to an aromatic ring is 2. The van der Waals surface area contributed by atoms with Gasteiger partial charge in [-0.25, -0.2) is 29.1 Å². The van der Waals surface area contributed by atoms with Gasteiger partial charge in [0.2, 0.25) is 11.8 Å². The second-order valence-electron chi connectivity index (χ2n) is 30.3. The van der Waals surface area contributed by atoms with Gasteiger partial charge in [-0.15, -0.1) is 0 Å². The van der Waals surface area contributed by atoms with Crippen LogP contribution in [0, 0.1) is 0 Å². The topological polar surface area (TPSA) is 310 Å². The number of nitrogens with two attached hydrogens (primary N) is 2. The molecule has 24 nitrogen and oxygen atoms in total. The minimum atomic E-state index is -0.664. The number of aromatic amines is 2. The van der Waals surface area contributed by atoms with Gasteiger partial charge in [0.25, 0.3) is 0 Å². The summed E-state index contributed by atoms with van der Waals surface area (Å²) in [5, 5.41) is 9.02. The quantitative estimate of drug-likeness (QED) is 0.0467. The summed E-state index contributed by atoms with van der Waals surface area (Å²) in [5.74, 6) is 0.904. The van der Waals surface area contributed by atoms with Gasteiger partial charge in [0, 0.05) is 50.3 Å². The Bertz CT molecular complexity index is 3710. The van der Waals surface area contributed by atoms with E-state index in [0.717, 1.165) is 94.5 Å². The third-order valence-electron chi connectivity index (χ3n) is 18.2. The number of likely N-dealkylation sites (tertiary alicyclic amines) is 4. The number of carbonyl (C=O) groups excluding carboxylic acids is 6. The van der Waals surface area contributed by atoms with Crippen molar-refractivity contribution < 1.29 is 50.5 Å². The number of hydrogen-bond acceptors (Lipinski definition) is 16. The van der Waals surface area contributed by atoms with Crippen LogP contribution in [-0.2, 0) is 28.5 Å². The van der Waals surface area contributed by atoms with Crippen molar-refractivity contribution in [3.05, 3.63) is 107 Å². The first-order valence-electron chi connectivity index (χ1n) is 35.0. The van der Waals surface area contributed by atoms with Gasteiger partial charge in [-0.1, -0.05) is 24.3 Å². The maximum absolute atomic E-state index is 13.2. The Labute approximate surface area is 565 Å². The average Bonchev–Trinajstić information content (AvgIpc) is 1.62. The fraction of sp³-hybridized carbons (Fsp3) is 0.556. The van der Waals surface area contributed by atoms with Gasteiger partial charge >= 0.3 is 24.4 Å². The molecule has 24 heteroatoms. The Balaban J connectivity index is 0.000000198. The summed E-state index contributed by atoms with van der Waals surface area (Å²) in [7, 11) is 0. The predicted molar refractivity (Wildman–Crippen MR) is 369 cm³/mol. The number of aromatic nitrogens is 4. The third-order valence-corrected chi connectivity index (χ3v) is 18.2. The highest BCUT2D eigenvalue weighted by Gasteiger charge is 2.41. The zero-order valence-electron chi connectivity index (χ0n) is 59.7. The number of rotatable bonds is 10. The molecule has 6 aliphatic heterocycles. The fourth-order valence-corrected chi connectivity index (χ4v) is 13.8. The van der Waals surface area contributed by atoms with E-state index in [4.69, 9.17) is 41.8 Å². The molecule has 10 N–H and O–H groups in total. The Kier molecular flexibility index (Phi) is 18.9.